The molecule has 9 heteroatoms. The van der Waals surface area contributed by atoms with Crippen molar-refractivity contribution in [1.82, 2.24) is 9.97 Å². The first-order valence-corrected chi connectivity index (χ1v) is 5.42. The smallest absolute Gasteiger partial charge is 0.348 e. The Hall–Kier alpha value is -3.54. The number of nitrogens with zero attached hydrogens (tertiary/aromatic N) is 4. The van der Waals surface area contributed by atoms with E-state index in [1.54, 1.807) is 6.07 Å². The van der Waals surface area contributed by atoms with Crippen LogP contribution in [0.15, 0.2) is 30.7 Å². The quantitative estimate of drug-likeness (QED) is 0.662. The number of carboxylic acids is 1. The number of nitro groups is 1. The van der Waals surface area contributed by atoms with Crippen LogP contribution in [0.3, 0.4) is 0 Å². The maximum Gasteiger partial charge on any atom is 0.348 e. The summed E-state index contributed by atoms with van der Waals surface area (Å²) in [6.07, 6.45) is 3.45. The molecule has 0 aliphatic heterocycles. The van der Waals surface area contributed by atoms with Crippen LogP contribution in [-0.2, 0) is 0 Å². The van der Waals surface area contributed by atoms with Gasteiger partial charge in [0.25, 0.3) is 0 Å². The van der Waals surface area contributed by atoms with Crippen molar-refractivity contribution in [3.05, 3.63) is 52.0 Å². The molecular weight excluding hydrogens is 280 g/mol. The van der Waals surface area contributed by atoms with Crippen LogP contribution in [0.4, 0.5) is 5.69 Å². The van der Waals surface area contributed by atoms with Crippen molar-refractivity contribution in [3.63, 3.8) is 0 Å². The average Bonchev–Trinajstić information content (AvgIpc) is 2.46. The average molecular weight is 286 g/mol. The van der Waals surface area contributed by atoms with E-state index >= 15 is 0 Å². The van der Waals surface area contributed by atoms with E-state index in [-0.39, 0.29) is 16.9 Å². The monoisotopic (exact) mass is 286 g/mol. The topological polar surface area (TPSA) is 139 Å². The molecule has 2 aromatic heterocycles. The first kappa shape index (κ1) is 13.9. The van der Waals surface area contributed by atoms with Gasteiger partial charge in [0, 0.05) is 12.4 Å². The third kappa shape index (κ3) is 2.90. The molecule has 0 aromatic carbocycles. The van der Waals surface area contributed by atoms with E-state index in [1.807, 2.05) is 0 Å². The van der Waals surface area contributed by atoms with Crippen LogP contribution in [0.25, 0.3) is 0 Å². The first-order chi connectivity index (χ1) is 10.0. The van der Waals surface area contributed by atoms with E-state index in [0.29, 0.717) is 0 Å². The van der Waals surface area contributed by atoms with Gasteiger partial charge in [0.05, 0.1) is 16.7 Å². The highest BCUT2D eigenvalue weighted by atomic mass is 16.6. The summed E-state index contributed by atoms with van der Waals surface area (Å²) in [7, 11) is 0. The van der Waals surface area contributed by atoms with Gasteiger partial charge in [-0.25, -0.2) is 9.78 Å². The number of carbonyl (C=O) groups is 1. The molecule has 9 nitrogen and oxygen atoms in total. The molecule has 0 radical (unpaired) electrons. The summed E-state index contributed by atoms with van der Waals surface area (Å²) < 4.78 is 5.17. The maximum atomic E-state index is 11.0. The molecule has 0 fully saturated rings. The lowest BCUT2D eigenvalue weighted by Gasteiger charge is -2.05. The minimum atomic E-state index is -1.22. The van der Waals surface area contributed by atoms with Crippen LogP contribution in [0, 0.1) is 21.4 Å². The van der Waals surface area contributed by atoms with Gasteiger partial charge >= 0.3 is 17.5 Å². The Balaban J connectivity index is 2.45. The summed E-state index contributed by atoms with van der Waals surface area (Å²) in [5.74, 6) is -1.68. The van der Waals surface area contributed by atoms with Crippen molar-refractivity contribution >= 4 is 11.7 Å². The Morgan fingerprint density at radius 2 is 2.24 bits per heavy atom. The Bertz CT molecular complexity index is 768. The number of aromatic nitrogens is 2. The van der Waals surface area contributed by atoms with Crippen LogP contribution < -0.4 is 4.74 Å². The molecule has 104 valence electrons. The molecule has 2 aromatic rings. The van der Waals surface area contributed by atoms with Crippen LogP contribution in [0.1, 0.15) is 15.9 Å². The van der Waals surface area contributed by atoms with Gasteiger partial charge in [0.2, 0.25) is 0 Å². The lowest BCUT2D eigenvalue weighted by atomic mass is 10.2. The summed E-state index contributed by atoms with van der Waals surface area (Å²) in [5.41, 5.74) is -0.959. The van der Waals surface area contributed by atoms with Gasteiger partial charge in [-0.05, 0) is 12.1 Å². The normalized spacial score (nSPS) is 9.67. The van der Waals surface area contributed by atoms with Gasteiger partial charge in [-0.1, -0.05) is 0 Å². The van der Waals surface area contributed by atoms with Crippen LogP contribution >= 0.6 is 0 Å². The number of rotatable bonds is 4. The zero-order valence-corrected chi connectivity index (χ0v) is 10.3. The SMILES string of the molecule is N#Cc1ccnc(Oc2cncc(C(=O)O)c2)c1[N+](=O)[O-]. The fourth-order valence-corrected chi connectivity index (χ4v) is 1.48. The fourth-order valence-electron chi connectivity index (χ4n) is 1.48. The van der Waals surface area contributed by atoms with Gasteiger partial charge in [-0.3, -0.25) is 15.1 Å². The van der Waals surface area contributed by atoms with Crippen molar-refractivity contribution in [3.8, 4) is 17.7 Å². The Kier molecular flexibility index (Phi) is 3.71. The standard InChI is InChI=1S/C12H6N4O5/c13-4-7-1-2-15-11(10(7)16(19)20)21-9-3-8(12(17)18)5-14-6-9/h1-3,5-6H,(H,17,18). The number of hydrogen-bond donors (Lipinski definition) is 1. The molecule has 0 amide bonds. The molecule has 0 aliphatic rings. The van der Waals surface area contributed by atoms with Crippen molar-refractivity contribution in [2.45, 2.75) is 0 Å². The summed E-state index contributed by atoms with van der Waals surface area (Å²) in [6, 6.07) is 3.98. The fraction of sp³-hybridized carbons (Fsp3) is 0. The van der Waals surface area contributed by atoms with Gasteiger partial charge in [0.15, 0.2) is 0 Å². The van der Waals surface area contributed by atoms with Crippen LogP contribution in [0.2, 0.25) is 0 Å². The van der Waals surface area contributed by atoms with E-state index < -0.39 is 22.5 Å². The highest BCUT2D eigenvalue weighted by Gasteiger charge is 2.23. The van der Waals surface area contributed by atoms with E-state index in [9.17, 15) is 14.9 Å². The number of ether oxygens (including phenoxy) is 1. The summed E-state index contributed by atoms with van der Waals surface area (Å²) >= 11 is 0. The minimum absolute atomic E-state index is 0.0411. The molecule has 0 unspecified atom stereocenters. The lowest BCUT2D eigenvalue weighted by Crippen LogP contribution is -2.01. The van der Waals surface area contributed by atoms with E-state index in [0.717, 1.165) is 12.3 Å². The van der Waals surface area contributed by atoms with Crippen molar-refractivity contribution in [2.75, 3.05) is 0 Å². The molecule has 0 aliphatic carbocycles. The van der Waals surface area contributed by atoms with Crippen molar-refractivity contribution in [2.24, 2.45) is 0 Å². The van der Waals surface area contributed by atoms with E-state index in [4.69, 9.17) is 15.1 Å². The van der Waals surface area contributed by atoms with E-state index in [2.05, 4.69) is 9.97 Å². The molecule has 21 heavy (non-hydrogen) atoms. The number of aromatic carboxylic acids is 1. The second kappa shape index (κ2) is 5.62. The molecule has 0 atom stereocenters. The van der Waals surface area contributed by atoms with Gasteiger partial charge < -0.3 is 9.84 Å². The van der Waals surface area contributed by atoms with Gasteiger partial charge in [-0.2, -0.15) is 5.26 Å². The molecule has 0 saturated carbocycles. The predicted octanol–water partition coefficient (Wildman–Crippen LogP) is 1.75. The zero-order chi connectivity index (χ0) is 15.4. The maximum absolute atomic E-state index is 11.0. The zero-order valence-electron chi connectivity index (χ0n) is 10.3. The molecule has 2 rings (SSSR count). The second-order valence-electron chi connectivity index (χ2n) is 3.70. The van der Waals surface area contributed by atoms with E-state index in [1.165, 1.54) is 18.5 Å². The van der Waals surface area contributed by atoms with Crippen LogP contribution in [0.5, 0.6) is 11.6 Å². The minimum Gasteiger partial charge on any atom is -0.478 e. The lowest BCUT2D eigenvalue weighted by molar-refractivity contribution is -0.386. The molecule has 0 saturated heterocycles. The number of hydrogen-bond acceptors (Lipinski definition) is 7. The van der Waals surface area contributed by atoms with Crippen molar-refractivity contribution in [1.29, 1.82) is 5.26 Å². The highest BCUT2D eigenvalue weighted by Crippen LogP contribution is 2.31. The molecule has 1 N–H and O–H groups in total. The number of pyridine rings is 2. The summed E-state index contributed by atoms with van der Waals surface area (Å²) in [5, 5.41) is 28.7. The molecule has 0 bridgehead atoms. The Labute approximate surface area is 117 Å². The third-order valence-electron chi connectivity index (χ3n) is 2.37. The second-order valence-corrected chi connectivity index (χ2v) is 3.70. The Morgan fingerprint density at radius 1 is 1.48 bits per heavy atom. The summed E-state index contributed by atoms with van der Waals surface area (Å²) in [6.45, 7) is 0. The van der Waals surface area contributed by atoms with Crippen LogP contribution in [-0.4, -0.2) is 26.0 Å². The van der Waals surface area contributed by atoms with Gasteiger partial charge in [-0.15, -0.1) is 0 Å². The predicted molar refractivity (Wildman–Crippen MR) is 66.9 cm³/mol. The first-order valence-electron chi connectivity index (χ1n) is 5.42. The highest BCUT2D eigenvalue weighted by molar-refractivity contribution is 5.87. The van der Waals surface area contributed by atoms with Crippen molar-refractivity contribution < 1.29 is 19.6 Å². The molecule has 0 spiro atoms. The Morgan fingerprint density at radius 3 is 2.86 bits per heavy atom. The number of carboxylic acid groups (broad SMARTS) is 1. The summed E-state index contributed by atoms with van der Waals surface area (Å²) in [4.78, 5) is 28.4. The molecular formula is C12H6N4O5. The number of nitriles is 1. The molecule has 2 heterocycles. The largest absolute Gasteiger partial charge is 0.478 e. The third-order valence-corrected chi connectivity index (χ3v) is 2.37. The van der Waals surface area contributed by atoms with Gasteiger partial charge in [0.1, 0.15) is 17.4 Å².